The first kappa shape index (κ1) is 14.8. The maximum atomic E-state index is 12.0. The molecule has 2 N–H and O–H groups in total. The van der Waals surface area contributed by atoms with E-state index in [9.17, 15) is 14.4 Å². The van der Waals surface area contributed by atoms with Crippen LogP contribution in [0.2, 0.25) is 0 Å². The SMILES string of the molecule is CCOC(=O)N1CCN(C(=O)Nc2ccc(=O)[nH]n2)CC1. The summed E-state index contributed by atoms with van der Waals surface area (Å²) in [4.78, 5) is 37.5. The minimum atomic E-state index is -0.361. The second-order valence-corrected chi connectivity index (χ2v) is 4.41. The van der Waals surface area contributed by atoms with Gasteiger partial charge in [0.25, 0.3) is 5.56 Å². The lowest BCUT2D eigenvalue weighted by molar-refractivity contribution is 0.0868. The first-order valence-corrected chi connectivity index (χ1v) is 6.63. The molecule has 0 spiro atoms. The number of hydrogen-bond acceptors (Lipinski definition) is 5. The standard InChI is InChI=1S/C12H17N5O4/c1-2-21-12(20)17-7-5-16(6-8-17)11(19)13-9-3-4-10(18)15-14-9/h3-4H,2,5-8H2,1H3,(H,15,18)(H,13,14,19). The largest absolute Gasteiger partial charge is 0.450 e. The van der Waals surface area contributed by atoms with Crippen LogP contribution < -0.4 is 10.9 Å². The first-order valence-electron chi connectivity index (χ1n) is 6.63. The Kier molecular flexibility index (Phi) is 4.75. The van der Waals surface area contributed by atoms with Crippen molar-refractivity contribution in [2.75, 3.05) is 38.1 Å². The lowest BCUT2D eigenvalue weighted by Crippen LogP contribution is -2.51. The van der Waals surface area contributed by atoms with Gasteiger partial charge >= 0.3 is 12.1 Å². The Balaban J connectivity index is 1.84. The number of anilines is 1. The van der Waals surface area contributed by atoms with Crippen molar-refractivity contribution in [1.82, 2.24) is 20.0 Å². The fraction of sp³-hybridized carbons (Fsp3) is 0.500. The normalized spacial score (nSPS) is 14.7. The van der Waals surface area contributed by atoms with Gasteiger partial charge in [0.1, 0.15) is 0 Å². The second kappa shape index (κ2) is 6.73. The van der Waals surface area contributed by atoms with Gasteiger partial charge in [-0.25, -0.2) is 14.7 Å². The molecule has 0 aromatic carbocycles. The summed E-state index contributed by atoms with van der Waals surface area (Å²) in [7, 11) is 0. The van der Waals surface area contributed by atoms with E-state index in [2.05, 4.69) is 15.5 Å². The molecule has 1 aromatic rings. The molecule has 0 bridgehead atoms. The van der Waals surface area contributed by atoms with Crippen LogP contribution in [0.1, 0.15) is 6.92 Å². The van der Waals surface area contributed by atoms with Crippen molar-refractivity contribution in [3.8, 4) is 0 Å². The molecule has 1 saturated heterocycles. The molecule has 0 aliphatic carbocycles. The molecule has 2 rings (SSSR count). The van der Waals surface area contributed by atoms with E-state index in [-0.39, 0.29) is 23.5 Å². The highest BCUT2D eigenvalue weighted by molar-refractivity contribution is 5.88. The van der Waals surface area contributed by atoms with E-state index >= 15 is 0 Å². The Morgan fingerprint density at radius 3 is 2.52 bits per heavy atom. The van der Waals surface area contributed by atoms with E-state index in [1.165, 1.54) is 12.1 Å². The summed E-state index contributed by atoms with van der Waals surface area (Å²) in [6, 6.07) is 2.38. The zero-order valence-electron chi connectivity index (χ0n) is 11.7. The molecule has 0 saturated carbocycles. The highest BCUT2D eigenvalue weighted by Crippen LogP contribution is 2.06. The third-order valence-corrected chi connectivity index (χ3v) is 3.01. The van der Waals surface area contributed by atoms with Gasteiger partial charge in [0.2, 0.25) is 0 Å². The van der Waals surface area contributed by atoms with Gasteiger partial charge in [-0.1, -0.05) is 0 Å². The van der Waals surface area contributed by atoms with E-state index in [0.29, 0.717) is 32.8 Å². The molecule has 1 aliphatic heterocycles. The van der Waals surface area contributed by atoms with Crippen molar-refractivity contribution in [3.05, 3.63) is 22.5 Å². The number of nitrogens with zero attached hydrogens (tertiary/aromatic N) is 3. The van der Waals surface area contributed by atoms with Gasteiger partial charge in [-0.2, -0.15) is 5.10 Å². The molecular weight excluding hydrogens is 278 g/mol. The quantitative estimate of drug-likeness (QED) is 0.803. The number of urea groups is 1. The number of ether oxygens (including phenoxy) is 1. The number of aromatic amines is 1. The molecule has 114 valence electrons. The van der Waals surface area contributed by atoms with Gasteiger partial charge in [-0.15, -0.1) is 0 Å². The number of carbonyl (C=O) groups excluding carboxylic acids is 2. The van der Waals surface area contributed by atoms with Crippen LogP contribution in [-0.4, -0.2) is 64.9 Å². The fourth-order valence-electron chi connectivity index (χ4n) is 1.91. The second-order valence-electron chi connectivity index (χ2n) is 4.41. The lowest BCUT2D eigenvalue weighted by atomic mass is 10.3. The van der Waals surface area contributed by atoms with Gasteiger partial charge in [0.15, 0.2) is 5.82 Å². The summed E-state index contributed by atoms with van der Waals surface area (Å²) < 4.78 is 4.91. The van der Waals surface area contributed by atoms with E-state index in [4.69, 9.17) is 4.74 Å². The molecule has 1 aromatic heterocycles. The van der Waals surface area contributed by atoms with Crippen LogP contribution in [0.4, 0.5) is 15.4 Å². The number of piperazine rings is 1. The first-order chi connectivity index (χ1) is 10.1. The molecule has 1 fully saturated rings. The van der Waals surface area contributed by atoms with Crippen molar-refractivity contribution in [3.63, 3.8) is 0 Å². The smallest absolute Gasteiger partial charge is 0.409 e. The van der Waals surface area contributed by atoms with Crippen LogP contribution in [-0.2, 0) is 4.74 Å². The molecule has 9 heteroatoms. The molecule has 0 atom stereocenters. The molecule has 9 nitrogen and oxygen atoms in total. The zero-order valence-corrected chi connectivity index (χ0v) is 11.7. The highest BCUT2D eigenvalue weighted by atomic mass is 16.6. The third kappa shape index (κ3) is 3.94. The summed E-state index contributed by atoms with van der Waals surface area (Å²) in [5, 5.41) is 8.52. The van der Waals surface area contributed by atoms with Crippen molar-refractivity contribution >= 4 is 17.9 Å². The summed E-state index contributed by atoms with van der Waals surface area (Å²) >= 11 is 0. The average molecular weight is 295 g/mol. The van der Waals surface area contributed by atoms with E-state index in [1.807, 2.05) is 0 Å². The maximum absolute atomic E-state index is 12.0. The summed E-state index contributed by atoms with van der Waals surface area (Å²) in [5.41, 5.74) is -0.337. The number of carbonyl (C=O) groups is 2. The van der Waals surface area contributed by atoms with Crippen LogP contribution in [0.25, 0.3) is 0 Å². The average Bonchev–Trinajstić information content (AvgIpc) is 2.50. The van der Waals surface area contributed by atoms with Crippen LogP contribution in [0.3, 0.4) is 0 Å². The summed E-state index contributed by atoms with van der Waals surface area (Å²) in [6.07, 6.45) is -0.361. The Morgan fingerprint density at radius 1 is 1.29 bits per heavy atom. The van der Waals surface area contributed by atoms with Gasteiger partial charge in [0, 0.05) is 32.2 Å². The van der Waals surface area contributed by atoms with Crippen molar-refractivity contribution < 1.29 is 14.3 Å². The monoisotopic (exact) mass is 295 g/mol. The van der Waals surface area contributed by atoms with E-state index in [0.717, 1.165) is 0 Å². The minimum Gasteiger partial charge on any atom is -0.450 e. The number of nitrogens with one attached hydrogen (secondary N) is 2. The van der Waals surface area contributed by atoms with Crippen LogP contribution in [0.5, 0.6) is 0 Å². The topological polar surface area (TPSA) is 108 Å². The van der Waals surface area contributed by atoms with Crippen molar-refractivity contribution in [1.29, 1.82) is 0 Å². The molecule has 3 amide bonds. The fourth-order valence-corrected chi connectivity index (χ4v) is 1.91. The Bertz CT molecular complexity index is 545. The zero-order chi connectivity index (χ0) is 15.2. The third-order valence-electron chi connectivity index (χ3n) is 3.01. The molecular formula is C12H17N5O4. The number of hydrogen-bond donors (Lipinski definition) is 2. The number of aromatic nitrogens is 2. The predicted molar refractivity (Wildman–Crippen MR) is 74.0 cm³/mol. The number of amides is 3. The Hall–Kier alpha value is -2.58. The van der Waals surface area contributed by atoms with E-state index < -0.39 is 0 Å². The van der Waals surface area contributed by atoms with Crippen LogP contribution in [0, 0.1) is 0 Å². The van der Waals surface area contributed by atoms with Gasteiger partial charge < -0.3 is 14.5 Å². The van der Waals surface area contributed by atoms with Crippen LogP contribution >= 0.6 is 0 Å². The van der Waals surface area contributed by atoms with Crippen LogP contribution in [0.15, 0.2) is 16.9 Å². The molecule has 0 unspecified atom stereocenters. The summed E-state index contributed by atoms with van der Waals surface area (Å²) in [5.74, 6) is 0.271. The van der Waals surface area contributed by atoms with Gasteiger partial charge in [-0.3, -0.25) is 10.1 Å². The molecule has 21 heavy (non-hydrogen) atoms. The van der Waals surface area contributed by atoms with E-state index in [1.54, 1.807) is 16.7 Å². The lowest BCUT2D eigenvalue weighted by Gasteiger charge is -2.33. The van der Waals surface area contributed by atoms with Crippen molar-refractivity contribution in [2.45, 2.75) is 6.92 Å². The molecule has 1 aliphatic rings. The van der Waals surface area contributed by atoms with Gasteiger partial charge in [-0.05, 0) is 13.0 Å². The maximum Gasteiger partial charge on any atom is 0.409 e. The summed E-state index contributed by atoms with van der Waals surface area (Å²) in [6.45, 7) is 3.74. The Labute approximate surface area is 120 Å². The number of H-pyrrole nitrogens is 1. The number of rotatable bonds is 2. The molecule has 0 radical (unpaired) electrons. The minimum absolute atomic E-state index is 0.271. The Morgan fingerprint density at radius 2 is 1.95 bits per heavy atom. The highest BCUT2D eigenvalue weighted by Gasteiger charge is 2.24. The predicted octanol–water partition coefficient (Wildman–Crippen LogP) is 0.0759. The molecule has 2 heterocycles. The van der Waals surface area contributed by atoms with Crippen molar-refractivity contribution in [2.24, 2.45) is 0 Å². The van der Waals surface area contributed by atoms with Gasteiger partial charge in [0.05, 0.1) is 6.61 Å².